The van der Waals surface area contributed by atoms with E-state index < -0.39 is 27.1 Å². The van der Waals surface area contributed by atoms with Gasteiger partial charge in [-0.25, -0.2) is 9.97 Å². The number of alkyl halides is 3. The quantitative estimate of drug-likeness (QED) is 0.0915. The molecule has 3 aromatic carbocycles. The van der Waals surface area contributed by atoms with Crippen molar-refractivity contribution < 1.29 is 40.4 Å². The molecule has 0 aliphatic carbocycles. The van der Waals surface area contributed by atoms with Gasteiger partial charge < -0.3 is 14.0 Å². The molecule has 0 spiro atoms. The third-order valence-electron chi connectivity index (χ3n) is 7.22. The standard InChI is InChI=1S/C33H23ClF3N3O5S2.C4H10O/c1-3-44-29(41)17-24-18(2)14-27-31(30(24)19-4-8-23(34)9-5-19)46-32(40-27)22-12-13-38-26(16-22)21-6-10-25-20(15-21)7-11-28(39-25)45-47(42,43)33(35,36)37;1-4(2,3)5/h4-16H,3,17H2,1-2H3;5H,1-3H3. The number of aliphatic hydroxyl groups is 1. The average molecular weight is 772 g/mol. The molecule has 0 atom stereocenters. The molecular formula is C37H33ClF3N3O6S2. The Morgan fingerprint density at radius 3 is 2.23 bits per heavy atom. The van der Waals surface area contributed by atoms with Gasteiger partial charge in [0.15, 0.2) is 0 Å². The number of carbonyl (C=O) groups excluding carboxylic acids is 1. The number of carbonyl (C=O) groups is 1. The molecule has 6 aromatic rings. The molecule has 0 aliphatic rings. The third kappa shape index (κ3) is 9.23. The van der Waals surface area contributed by atoms with E-state index in [1.165, 1.54) is 23.5 Å². The lowest BCUT2D eigenvalue weighted by atomic mass is 9.93. The van der Waals surface area contributed by atoms with Crippen LogP contribution in [0.2, 0.25) is 5.02 Å². The molecule has 272 valence electrons. The van der Waals surface area contributed by atoms with Crippen molar-refractivity contribution in [3.63, 3.8) is 0 Å². The molecule has 0 radical (unpaired) electrons. The number of hydrogen-bond donors (Lipinski definition) is 1. The number of pyridine rings is 2. The van der Waals surface area contributed by atoms with Crippen molar-refractivity contribution in [3.8, 4) is 38.8 Å². The predicted molar refractivity (Wildman–Crippen MR) is 197 cm³/mol. The van der Waals surface area contributed by atoms with Gasteiger partial charge in [-0.1, -0.05) is 29.8 Å². The molecule has 6 rings (SSSR count). The summed E-state index contributed by atoms with van der Waals surface area (Å²) in [4.78, 5) is 25.9. The van der Waals surface area contributed by atoms with E-state index in [0.29, 0.717) is 21.7 Å². The van der Waals surface area contributed by atoms with Crippen molar-refractivity contribution >= 4 is 60.1 Å². The second-order valence-corrected chi connectivity index (χ2v) is 15.5. The van der Waals surface area contributed by atoms with Crippen molar-refractivity contribution in [1.29, 1.82) is 0 Å². The minimum Gasteiger partial charge on any atom is -0.466 e. The Bertz CT molecular complexity index is 2370. The lowest BCUT2D eigenvalue weighted by molar-refractivity contribution is -0.142. The lowest BCUT2D eigenvalue weighted by Gasteiger charge is -2.14. The number of hydrogen-bond acceptors (Lipinski definition) is 10. The maximum absolute atomic E-state index is 12.7. The first-order valence-corrected chi connectivity index (χ1v) is 18.4. The van der Waals surface area contributed by atoms with Crippen molar-refractivity contribution in [2.45, 2.75) is 52.1 Å². The van der Waals surface area contributed by atoms with Gasteiger partial charge in [0.1, 0.15) is 5.01 Å². The highest BCUT2D eigenvalue weighted by Crippen LogP contribution is 2.41. The van der Waals surface area contributed by atoms with Crippen LogP contribution in [0, 0.1) is 6.92 Å². The van der Waals surface area contributed by atoms with Crippen molar-refractivity contribution in [2.24, 2.45) is 0 Å². The number of nitrogens with zero attached hydrogens (tertiary/aromatic N) is 3. The fraction of sp³-hybridized carbons (Fsp3) is 0.243. The number of halogens is 4. The first kappa shape index (κ1) is 38.6. The Balaban J connectivity index is 0.000000979. The molecule has 0 bridgehead atoms. The highest BCUT2D eigenvalue weighted by atomic mass is 35.5. The van der Waals surface area contributed by atoms with Crippen LogP contribution < -0.4 is 4.18 Å². The summed E-state index contributed by atoms with van der Waals surface area (Å²) in [7, 11) is -5.85. The van der Waals surface area contributed by atoms with E-state index in [1.807, 2.05) is 37.3 Å². The maximum Gasteiger partial charge on any atom is 0.534 e. The van der Waals surface area contributed by atoms with E-state index in [0.717, 1.165) is 49.1 Å². The topological polar surface area (TPSA) is 129 Å². The highest BCUT2D eigenvalue weighted by molar-refractivity contribution is 7.87. The number of benzene rings is 3. The Morgan fingerprint density at radius 1 is 0.904 bits per heavy atom. The summed E-state index contributed by atoms with van der Waals surface area (Å²) in [6.07, 6.45) is 1.75. The van der Waals surface area contributed by atoms with Gasteiger partial charge in [-0.2, -0.15) is 21.6 Å². The maximum atomic E-state index is 12.7. The van der Waals surface area contributed by atoms with Gasteiger partial charge in [0.25, 0.3) is 0 Å². The van der Waals surface area contributed by atoms with E-state index in [9.17, 15) is 26.4 Å². The number of aryl methyl sites for hydroxylation is 1. The predicted octanol–water partition coefficient (Wildman–Crippen LogP) is 9.31. The first-order valence-electron chi connectivity index (χ1n) is 15.8. The monoisotopic (exact) mass is 771 g/mol. The molecule has 0 aliphatic heterocycles. The van der Waals surface area contributed by atoms with Crippen LogP contribution in [-0.2, 0) is 26.1 Å². The molecular weight excluding hydrogens is 739 g/mol. The molecule has 52 heavy (non-hydrogen) atoms. The van der Waals surface area contributed by atoms with Crippen LogP contribution in [0.15, 0.2) is 79.0 Å². The summed E-state index contributed by atoms with van der Waals surface area (Å²) < 4.78 is 71.3. The summed E-state index contributed by atoms with van der Waals surface area (Å²) in [5.41, 5.74) is 0.523. The van der Waals surface area contributed by atoms with Crippen LogP contribution in [0.5, 0.6) is 5.88 Å². The Hall–Kier alpha value is -4.63. The smallest absolute Gasteiger partial charge is 0.466 e. The zero-order chi connectivity index (χ0) is 38.0. The Morgan fingerprint density at radius 2 is 1.58 bits per heavy atom. The summed E-state index contributed by atoms with van der Waals surface area (Å²) in [6, 6.07) is 20.5. The molecule has 3 aromatic heterocycles. The van der Waals surface area contributed by atoms with Gasteiger partial charge in [-0.3, -0.25) is 9.78 Å². The molecule has 0 saturated heterocycles. The minimum absolute atomic E-state index is 0.1000. The van der Waals surface area contributed by atoms with E-state index in [4.69, 9.17) is 26.4 Å². The van der Waals surface area contributed by atoms with Crippen LogP contribution in [0.4, 0.5) is 13.2 Å². The van der Waals surface area contributed by atoms with Crippen molar-refractivity contribution in [3.05, 3.63) is 95.1 Å². The average Bonchev–Trinajstić information content (AvgIpc) is 3.47. The normalized spacial score (nSPS) is 12.0. The van der Waals surface area contributed by atoms with Gasteiger partial charge >= 0.3 is 21.6 Å². The van der Waals surface area contributed by atoms with Gasteiger partial charge in [0.2, 0.25) is 5.88 Å². The first-order chi connectivity index (χ1) is 24.3. The number of rotatable bonds is 8. The molecule has 0 unspecified atom stereocenters. The molecule has 1 N–H and O–H groups in total. The van der Waals surface area contributed by atoms with Crippen LogP contribution in [0.1, 0.15) is 38.8 Å². The summed E-state index contributed by atoms with van der Waals surface area (Å²) >= 11 is 7.66. The largest absolute Gasteiger partial charge is 0.534 e. The van der Waals surface area contributed by atoms with E-state index in [2.05, 4.69) is 14.2 Å². The number of ether oxygens (including phenoxy) is 1. The molecule has 0 amide bonds. The number of fused-ring (bicyclic) bond motifs is 2. The molecule has 0 saturated carbocycles. The fourth-order valence-electron chi connectivity index (χ4n) is 5.06. The zero-order valence-electron chi connectivity index (χ0n) is 28.6. The van der Waals surface area contributed by atoms with E-state index in [1.54, 1.807) is 58.2 Å². The van der Waals surface area contributed by atoms with E-state index in [-0.39, 0.29) is 24.5 Å². The Labute approximate surface area is 307 Å². The van der Waals surface area contributed by atoms with Crippen LogP contribution in [0.3, 0.4) is 0 Å². The zero-order valence-corrected chi connectivity index (χ0v) is 31.0. The second-order valence-electron chi connectivity index (χ2n) is 12.5. The minimum atomic E-state index is -5.85. The molecule has 15 heteroatoms. The number of esters is 1. The lowest BCUT2D eigenvalue weighted by Crippen LogP contribution is -2.28. The van der Waals surface area contributed by atoms with E-state index >= 15 is 0 Å². The molecule has 0 fully saturated rings. The van der Waals surface area contributed by atoms with Gasteiger partial charge in [-0.15, -0.1) is 11.3 Å². The fourth-order valence-corrected chi connectivity index (χ4v) is 6.73. The third-order valence-corrected chi connectivity index (χ3v) is 9.56. The summed E-state index contributed by atoms with van der Waals surface area (Å²) in [6.45, 7) is 9.22. The summed E-state index contributed by atoms with van der Waals surface area (Å²) in [5.74, 6) is -1.02. The summed E-state index contributed by atoms with van der Waals surface area (Å²) in [5, 5.41) is 10.4. The van der Waals surface area contributed by atoms with Crippen molar-refractivity contribution in [2.75, 3.05) is 6.61 Å². The Kier molecular flexibility index (Phi) is 11.2. The second kappa shape index (κ2) is 15.2. The SMILES string of the molecule is CC(C)(C)O.CCOC(=O)Cc1c(C)cc2nc(-c3ccnc(-c4ccc5nc(OS(=O)(=O)C(F)(F)F)ccc5c4)c3)sc2c1-c1ccc(Cl)cc1. The number of thiazole rings is 1. The van der Waals surface area contributed by atoms with Crippen LogP contribution >= 0.6 is 22.9 Å². The van der Waals surface area contributed by atoms with Gasteiger partial charge in [0, 0.05) is 39.4 Å². The van der Waals surface area contributed by atoms with Crippen LogP contribution in [0.25, 0.3) is 54.1 Å². The van der Waals surface area contributed by atoms with Gasteiger partial charge in [-0.05, 0) is 99.8 Å². The van der Waals surface area contributed by atoms with Crippen molar-refractivity contribution in [1.82, 2.24) is 15.0 Å². The molecule has 9 nitrogen and oxygen atoms in total. The van der Waals surface area contributed by atoms with Crippen LogP contribution in [-0.4, -0.2) is 52.2 Å². The molecule has 3 heterocycles. The van der Waals surface area contributed by atoms with Gasteiger partial charge in [0.05, 0.1) is 40.1 Å². The number of aromatic nitrogens is 3. The highest BCUT2D eigenvalue weighted by Gasteiger charge is 2.48.